The smallest absolute Gasteiger partial charge is 0.352 e. The molecule has 1 saturated heterocycles. The van der Waals surface area contributed by atoms with Gasteiger partial charge in [0.05, 0.1) is 12.1 Å². The zero-order valence-electron chi connectivity index (χ0n) is 16.4. The highest BCUT2D eigenvalue weighted by atomic mass is 35.5. The van der Waals surface area contributed by atoms with Crippen LogP contribution in [0.25, 0.3) is 0 Å². The number of carboxylic acids is 1. The Labute approximate surface area is 194 Å². The first-order valence-electron chi connectivity index (χ1n) is 8.92. The number of aliphatic carboxylic acids is 1. The van der Waals surface area contributed by atoms with Gasteiger partial charge in [0, 0.05) is 11.5 Å². The molecule has 2 amide bonds. The van der Waals surface area contributed by atoms with Gasteiger partial charge >= 0.3 is 5.97 Å². The molecule has 170 valence electrons. The molecule has 1 unspecified atom stereocenters. The van der Waals surface area contributed by atoms with E-state index >= 15 is 0 Å². The minimum Gasteiger partial charge on any atom is -0.477 e. The first-order valence-corrected chi connectivity index (χ1v) is 11.5. The number of furan rings is 1. The molecule has 2 aliphatic heterocycles. The number of carboxylic acid groups (broad SMARTS) is 1. The van der Waals surface area contributed by atoms with Crippen molar-refractivity contribution in [3.05, 3.63) is 35.4 Å². The Kier molecular flexibility index (Phi) is 7.64. The normalized spacial score (nSPS) is 20.4. The van der Waals surface area contributed by atoms with E-state index in [9.17, 15) is 29.1 Å². The van der Waals surface area contributed by atoms with Gasteiger partial charge in [-0.3, -0.25) is 24.1 Å². The maximum absolute atomic E-state index is 12.7. The van der Waals surface area contributed by atoms with Crippen molar-refractivity contribution in [2.24, 2.45) is 5.16 Å². The van der Waals surface area contributed by atoms with Crippen LogP contribution >= 0.6 is 35.1 Å². The van der Waals surface area contributed by atoms with Gasteiger partial charge in [0.15, 0.2) is 5.76 Å². The van der Waals surface area contributed by atoms with Gasteiger partial charge in [0.2, 0.25) is 11.5 Å². The average molecular weight is 502 g/mol. The van der Waals surface area contributed by atoms with E-state index in [0.29, 0.717) is 5.57 Å². The fourth-order valence-corrected chi connectivity index (χ4v) is 5.40. The van der Waals surface area contributed by atoms with Gasteiger partial charge in [0.1, 0.15) is 24.2 Å². The second-order valence-electron chi connectivity index (χ2n) is 6.35. The monoisotopic (exact) mass is 501 g/mol. The number of oxime groups is 1. The number of ketones is 1. The van der Waals surface area contributed by atoms with E-state index in [4.69, 9.17) is 16.0 Å². The largest absolute Gasteiger partial charge is 0.477 e. The highest BCUT2D eigenvalue weighted by molar-refractivity contribution is 8.14. The molecule has 0 saturated carbocycles. The first-order chi connectivity index (χ1) is 15.3. The lowest BCUT2D eigenvalue weighted by Gasteiger charge is -2.49. The molecule has 1 fully saturated rings. The summed E-state index contributed by atoms with van der Waals surface area (Å²) in [5.74, 6) is -3.84. The van der Waals surface area contributed by atoms with E-state index in [0.717, 1.165) is 23.8 Å². The summed E-state index contributed by atoms with van der Waals surface area (Å²) in [7, 11) is 1.14. The summed E-state index contributed by atoms with van der Waals surface area (Å²) >= 11 is 7.54. The second kappa shape index (κ2) is 10.2. The molecule has 3 heterocycles. The van der Waals surface area contributed by atoms with Crippen LogP contribution in [0, 0.1) is 0 Å². The van der Waals surface area contributed by atoms with E-state index in [2.05, 4.69) is 15.3 Å². The van der Waals surface area contributed by atoms with Crippen LogP contribution in [0.1, 0.15) is 10.6 Å². The van der Waals surface area contributed by atoms with Crippen molar-refractivity contribution in [2.75, 3.05) is 24.5 Å². The summed E-state index contributed by atoms with van der Waals surface area (Å²) in [6.45, 7) is 0. The minimum atomic E-state index is -1.33. The SMILES string of the molecule is CON=C(C(=O)CCl)C(=O)NC1C(=O)N2C(C(=O)O)=C(CSC(=O)c3ccco3)CS[C@@H]12. The fourth-order valence-electron chi connectivity index (χ4n) is 3.00. The van der Waals surface area contributed by atoms with Gasteiger partial charge in [-0.25, -0.2) is 4.79 Å². The van der Waals surface area contributed by atoms with Gasteiger partial charge < -0.3 is 19.7 Å². The van der Waals surface area contributed by atoms with Crippen LogP contribution in [-0.2, 0) is 24.0 Å². The number of alkyl halides is 1. The molecule has 0 radical (unpaired) electrons. The number of amides is 2. The fraction of sp³-hybridized carbons (Fsp3) is 0.333. The summed E-state index contributed by atoms with van der Waals surface area (Å²) in [6, 6.07) is 1.99. The molecule has 0 aliphatic carbocycles. The second-order valence-corrected chi connectivity index (χ2v) is 8.67. The molecule has 32 heavy (non-hydrogen) atoms. The highest BCUT2D eigenvalue weighted by Gasteiger charge is 2.54. The van der Waals surface area contributed by atoms with Crippen molar-refractivity contribution in [3.8, 4) is 0 Å². The molecule has 11 nitrogen and oxygen atoms in total. The highest BCUT2D eigenvalue weighted by Crippen LogP contribution is 2.41. The number of rotatable bonds is 9. The number of Topliss-reactive ketones (excluding diaryl/α,β-unsaturated/α-hetero) is 1. The number of β-lactam (4-membered cyclic amide) rings is 1. The Morgan fingerprint density at radius 3 is 2.78 bits per heavy atom. The van der Waals surface area contributed by atoms with Crippen LogP contribution in [0.15, 0.2) is 39.2 Å². The Hall–Kier alpha value is -2.77. The van der Waals surface area contributed by atoms with Crippen LogP contribution in [0.3, 0.4) is 0 Å². The standard InChI is InChI=1S/C18H16ClN3O8S2/c1-29-21-11(9(23)5-19)14(24)20-12-15(25)22-13(17(26)27)8(6-31-16(12)22)7-32-18(28)10-3-2-4-30-10/h2-4,12,16H,5-7H2,1H3,(H,20,24)(H,26,27)/t12?,16-/m0/s1. The van der Waals surface area contributed by atoms with Gasteiger partial charge in [-0.15, -0.1) is 23.4 Å². The molecule has 3 rings (SSSR count). The van der Waals surface area contributed by atoms with Crippen molar-refractivity contribution < 1.29 is 38.3 Å². The van der Waals surface area contributed by atoms with Crippen LogP contribution in [-0.4, -0.2) is 80.3 Å². The number of fused-ring (bicyclic) bond motifs is 1. The number of nitrogens with one attached hydrogen (secondary N) is 1. The molecular weight excluding hydrogens is 486 g/mol. The molecule has 1 aromatic heterocycles. The van der Waals surface area contributed by atoms with Crippen LogP contribution in [0.5, 0.6) is 0 Å². The predicted molar refractivity (Wildman–Crippen MR) is 115 cm³/mol. The Morgan fingerprint density at radius 1 is 1.44 bits per heavy atom. The van der Waals surface area contributed by atoms with E-state index in [-0.39, 0.29) is 28.1 Å². The number of thioether (sulfide) groups is 2. The minimum absolute atomic E-state index is 0.0521. The number of nitrogens with zero attached hydrogens (tertiary/aromatic N) is 2. The van der Waals surface area contributed by atoms with E-state index < -0.39 is 46.6 Å². The van der Waals surface area contributed by atoms with Gasteiger partial charge in [-0.2, -0.15) is 0 Å². The van der Waals surface area contributed by atoms with Crippen molar-refractivity contribution in [3.63, 3.8) is 0 Å². The molecule has 14 heteroatoms. The third-order valence-corrected chi connectivity index (χ3v) is 6.96. The number of hydrogen-bond donors (Lipinski definition) is 2. The van der Waals surface area contributed by atoms with E-state index in [1.165, 1.54) is 24.1 Å². The Morgan fingerprint density at radius 2 is 2.19 bits per heavy atom. The summed E-state index contributed by atoms with van der Waals surface area (Å²) in [5.41, 5.74) is -0.440. The lowest BCUT2D eigenvalue weighted by molar-refractivity contribution is -0.150. The maximum Gasteiger partial charge on any atom is 0.352 e. The predicted octanol–water partition coefficient (Wildman–Crippen LogP) is 0.702. The average Bonchev–Trinajstić information content (AvgIpc) is 3.33. The maximum atomic E-state index is 12.7. The molecule has 2 N–H and O–H groups in total. The molecule has 1 aromatic rings. The Bertz CT molecular complexity index is 1020. The van der Waals surface area contributed by atoms with E-state index in [1.54, 1.807) is 6.07 Å². The van der Waals surface area contributed by atoms with Gasteiger partial charge in [-0.1, -0.05) is 16.9 Å². The summed E-state index contributed by atoms with van der Waals surface area (Å²) < 4.78 is 5.02. The summed E-state index contributed by atoms with van der Waals surface area (Å²) in [5, 5.41) is 14.3. The van der Waals surface area contributed by atoms with Crippen LogP contribution < -0.4 is 5.32 Å². The summed E-state index contributed by atoms with van der Waals surface area (Å²) in [4.78, 5) is 66.3. The number of carbonyl (C=O) groups excluding carboxylic acids is 4. The lowest BCUT2D eigenvalue weighted by atomic mass is 10.0. The van der Waals surface area contributed by atoms with Gasteiger partial charge in [-0.05, 0) is 17.7 Å². The number of halogens is 1. The molecule has 2 aliphatic rings. The summed E-state index contributed by atoms with van der Waals surface area (Å²) in [6.07, 6.45) is 1.35. The molecule has 0 aromatic carbocycles. The molecular formula is C18H16ClN3O8S2. The first kappa shape index (κ1) is 23.9. The third-order valence-electron chi connectivity index (χ3n) is 4.42. The zero-order chi connectivity index (χ0) is 23.4. The van der Waals surface area contributed by atoms with E-state index in [1.807, 2.05) is 0 Å². The van der Waals surface area contributed by atoms with Crippen LogP contribution in [0.4, 0.5) is 0 Å². The van der Waals surface area contributed by atoms with Crippen molar-refractivity contribution in [2.45, 2.75) is 11.4 Å². The zero-order valence-corrected chi connectivity index (χ0v) is 18.8. The lowest BCUT2D eigenvalue weighted by Crippen LogP contribution is -2.71. The van der Waals surface area contributed by atoms with Crippen molar-refractivity contribution in [1.29, 1.82) is 0 Å². The van der Waals surface area contributed by atoms with Crippen molar-refractivity contribution in [1.82, 2.24) is 10.2 Å². The number of hydrogen-bond acceptors (Lipinski definition) is 10. The topological polar surface area (TPSA) is 156 Å². The molecule has 0 spiro atoms. The van der Waals surface area contributed by atoms with Crippen LogP contribution in [0.2, 0.25) is 0 Å². The quantitative estimate of drug-likeness (QED) is 0.162. The van der Waals surface area contributed by atoms with Crippen molar-refractivity contribution >= 4 is 69.5 Å². The van der Waals surface area contributed by atoms with Gasteiger partial charge in [0.25, 0.3) is 16.9 Å². The third kappa shape index (κ3) is 4.69. The molecule has 0 bridgehead atoms. The molecule has 2 atom stereocenters. The number of carbonyl (C=O) groups is 5. The Balaban J connectivity index is 1.73.